The maximum atomic E-state index is 15.4. The molecule has 0 unspecified atom stereocenters. The number of hydrogen-bond donors (Lipinski definition) is 1. The van der Waals surface area contributed by atoms with E-state index in [1.165, 1.54) is 37.6 Å². The summed E-state index contributed by atoms with van der Waals surface area (Å²) in [6.07, 6.45) is -2.67. The molecule has 0 spiro atoms. The van der Waals surface area contributed by atoms with E-state index in [1.54, 1.807) is 6.92 Å². The van der Waals surface area contributed by atoms with Crippen LogP contribution in [0.4, 0.5) is 34.9 Å². The van der Waals surface area contributed by atoms with Crippen molar-refractivity contribution in [3.8, 4) is 16.9 Å². The van der Waals surface area contributed by atoms with Crippen LogP contribution in [0.25, 0.3) is 11.1 Å². The second-order valence-corrected chi connectivity index (χ2v) is 10.2. The molecule has 0 saturated heterocycles. The topological polar surface area (TPSA) is 115 Å². The molecule has 210 valence electrons. The number of anilines is 3. The lowest BCUT2D eigenvalue weighted by molar-refractivity contribution is -0.137. The van der Waals surface area contributed by atoms with Gasteiger partial charge in [-0.25, -0.2) is 17.8 Å². The molecule has 1 amide bonds. The van der Waals surface area contributed by atoms with Crippen molar-refractivity contribution in [1.29, 1.82) is 0 Å². The molecule has 0 bridgehead atoms. The highest BCUT2D eigenvalue weighted by molar-refractivity contribution is 7.92. The molecule has 4 aromatic rings. The fourth-order valence-corrected chi connectivity index (χ4v) is 4.84. The first kappa shape index (κ1) is 28.8. The Morgan fingerprint density at radius 1 is 1.15 bits per heavy atom. The van der Waals surface area contributed by atoms with Gasteiger partial charge in [-0.05, 0) is 35.9 Å². The summed E-state index contributed by atoms with van der Waals surface area (Å²) in [4.78, 5) is 17.8. The van der Waals surface area contributed by atoms with Crippen LogP contribution in [0.3, 0.4) is 0 Å². The first-order chi connectivity index (χ1) is 18.9. The Labute approximate surface area is 230 Å². The summed E-state index contributed by atoms with van der Waals surface area (Å²) in [7, 11) is -2.87. The van der Waals surface area contributed by atoms with E-state index in [2.05, 4.69) is 19.4 Å². The lowest BCUT2D eigenvalue weighted by atomic mass is 10.0. The third kappa shape index (κ3) is 5.87. The fraction of sp³-hybridized carbons (Fsp3) is 0.160. The van der Waals surface area contributed by atoms with Crippen molar-refractivity contribution in [1.82, 2.24) is 10.1 Å². The number of carbonyl (C=O) groups excluding carboxylic acids is 1. The maximum absolute atomic E-state index is 15.4. The van der Waals surface area contributed by atoms with E-state index in [0.29, 0.717) is 6.07 Å². The highest BCUT2D eigenvalue weighted by Crippen LogP contribution is 2.41. The lowest BCUT2D eigenvalue weighted by Crippen LogP contribution is -2.26. The van der Waals surface area contributed by atoms with Crippen LogP contribution in [0.1, 0.15) is 18.9 Å². The normalized spacial score (nSPS) is 11.8. The van der Waals surface area contributed by atoms with Gasteiger partial charge in [0.1, 0.15) is 28.5 Å². The monoisotopic (exact) mass is 598 g/mol. The molecule has 2 heterocycles. The summed E-state index contributed by atoms with van der Waals surface area (Å²) < 4.78 is 92.9. The van der Waals surface area contributed by atoms with E-state index in [0.717, 1.165) is 29.3 Å². The van der Waals surface area contributed by atoms with E-state index in [1.807, 2.05) is 0 Å². The Morgan fingerprint density at radius 3 is 2.48 bits per heavy atom. The average Bonchev–Trinajstić information content (AvgIpc) is 3.41. The van der Waals surface area contributed by atoms with Crippen molar-refractivity contribution >= 4 is 44.9 Å². The van der Waals surface area contributed by atoms with Gasteiger partial charge in [0.25, 0.3) is 10.0 Å². The zero-order valence-corrected chi connectivity index (χ0v) is 22.2. The number of methoxy groups -OCH3 is 1. The molecule has 40 heavy (non-hydrogen) atoms. The Morgan fingerprint density at radius 2 is 1.90 bits per heavy atom. The molecule has 9 nitrogen and oxygen atoms in total. The van der Waals surface area contributed by atoms with Crippen LogP contribution in [0.5, 0.6) is 5.75 Å². The van der Waals surface area contributed by atoms with Gasteiger partial charge in [-0.1, -0.05) is 29.7 Å². The van der Waals surface area contributed by atoms with Crippen LogP contribution < -0.4 is 14.4 Å². The first-order valence-electron chi connectivity index (χ1n) is 11.3. The molecule has 2 aromatic heterocycles. The Bertz CT molecular complexity index is 1650. The molecule has 2 aromatic carbocycles. The molecule has 0 aliphatic heterocycles. The summed E-state index contributed by atoms with van der Waals surface area (Å²) in [5.41, 5.74) is -1.61. The zero-order valence-electron chi connectivity index (χ0n) is 20.7. The molecular formula is C25H19ClF4N4O5S. The van der Waals surface area contributed by atoms with Crippen molar-refractivity contribution in [2.24, 2.45) is 0 Å². The third-order valence-corrected chi connectivity index (χ3v) is 7.25. The summed E-state index contributed by atoms with van der Waals surface area (Å²) in [6, 6.07) is 8.69. The summed E-state index contributed by atoms with van der Waals surface area (Å²) >= 11 is 5.69. The van der Waals surface area contributed by atoms with Crippen LogP contribution >= 0.6 is 11.6 Å². The van der Waals surface area contributed by atoms with Crippen molar-refractivity contribution in [2.75, 3.05) is 16.7 Å². The number of rotatable bonds is 8. The number of amides is 1. The average molecular weight is 599 g/mol. The number of hydrogen-bond acceptors (Lipinski definition) is 7. The molecule has 0 atom stereocenters. The van der Waals surface area contributed by atoms with E-state index in [4.69, 9.17) is 16.3 Å². The highest BCUT2D eigenvalue weighted by atomic mass is 35.5. The second-order valence-electron chi connectivity index (χ2n) is 8.12. The second kappa shape index (κ2) is 11.1. The molecular weight excluding hydrogens is 580 g/mol. The SMILES string of the molecule is CCC(=O)N(c1ccc(S(=O)(=O)Nc2ccon2)cn1)c1cc(F)c(-c2ccc(Cl)c(C(F)(F)F)c2)cc1OC. The molecule has 0 aliphatic rings. The summed E-state index contributed by atoms with van der Waals surface area (Å²) in [5.74, 6) is -1.71. The predicted octanol–water partition coefficient (Wildman–Crippen LogP) is 6.43. The van der Waals surface area contributed by atoms with Crippen LogP contribution in [0.2, 0.25) is 5.02 Å². The smallest absolute Gasteiger partial charge is 0.417 e. The van der Waals surface area contributed by atoms with Gasteiger partial charge >= 0.3 is 6.18 Å². The number of nitrogens with zero attached hydrogens (tertiary/aromatic N) is 3. The van der Waals surface area contributed by atoms with Crippen LogP contribution in [0.15, 0.2) is 70.4 Å². The van der Waals surface area contributed by atoms with Crippen LogP contribution in [-0.4, -0.2) is 31.6 Å². The third-order valence-electron chi connectivity index (χ3n) is 5.58. The minimum absolute atomic E-state index is 0.0600. The van der Waals surface area contributed by atoms with Crippen molar-refractivity contribution in [3.63, 3.8) is 0 Å². The number of aromatic nitrogens is 2. The minimum atomic E-state index is -4.77. The van der Waals surface area contributed by atoms with Gasteiger partial charge in [0.15, 0.2) is 5.82 Å². The van der Waals surface area contributed by atoms with Gasteiger partial charge in [-0.2, -0.15) is 13.2 Å². The Kier molecular flexibility index (Phi) is 8.03. The number of halogens is 5. The number of benzene rings is 2. The number of sulfonamides is 1. The summed E-state index contributed by atoms with van der Waals surface area (Å²) in [6.45, 7) is 1.54. The molecule has 4 rings (SSSR count). The largest absolute Gasteiger partial charge is 0.495 e. The Balaban J connectivity index is 1.76. The predicted molar refractivity (Wildman–Crippen MR) is 137 cm³/mol. The Hall–Kier alpha value is -4.17. The van der Waals surface area contributed by atoms with Gasteiger partial charge in [0, 0.05) is 30.3 Å². The highest BCUT2D eigenvalue weighted by Gasteiger charge is 2.34. The van der Waals surface area contributed by atoms with Crippen molar-refractivity contribution in [2.45, 2.75) is 24.4 Å². The van der Waals surface area contributed by atoms with E-state index < -0.39 is 38.5 Å². The van der Waals surface area contributed by atoms with Gasteiger partial charge in [-0.15, -0.1) is 0 Å². The molecule has 0 radical (unpaired) electrons. The number of alkyl halides is 3. The van der Waals surface area contributed by atoms with Crippen molar-refractivity contribution < 1.29 is 40.0 Å². The number of nitrogens with one attached hydrogen (secondary N) is 1. The number of pyridine rings is 1. The molecule has 0 aliphatic carbocycles. The zero-order chi connectivity index (χ0) is 29.2. The minimum Gasteiger partial charge on any atom is -0.495 e. The lowest BCUT2D eigenvalue weighted by Gasteiger charge is -2.24. The quantitative estimate of drug-likeness (QED) is 0.232. The molecule has 0 saturated carbocycles. The van der Waals surface area contributed by atoms with E-state index in [9.17, 15) is 26.4 Å². The van der Waals surface area contributed by atoms with Gasteiger partial charge < -0.3 is 9.26 Å². The van der Waals surface area contributed by atoms with E-state index >= 15 is 4.39 Å². The number of carbonyl (C=O) groups is 1. The molecule has 1 N–H and O–H groups in total. The standard InChI is InChI=1S/C25H19ClF4N4O5S/c1-3-24(35)34(23-7-5-15(13-31-23)40(36,37)33-22-8-9-39-32-22)20-12-19(27)16(11-21(20)38-2)14-4-6-18(26)17(10-14)25(28,29)30/h4-13H,3H2,1-2H3,(H,32,33). The number of ether oxygens (including phenoxy) is 1. The molecule has 0 fully saturated rings. The van der Waals surface area contributed by atoms with Crippen LogP contribution in [0, 0.1) is 5.82 Å². The van der Waals surface area contributed by atoms with Gasteiger partial charge in [0.05, 0.1) is 23.4 Å². The molecule has 15 heteroatoms. The van der Waals surface area contributed by atoms with Gasteiger partial charge in [0.2, 0.25) is 5.91 Å². The van der Waals surface area contributed by atoms with E-state index in [-0.39, 0.29) is 45.5 Å². The fourth-order valence-electron chi connectivity index (χ4n) is 3.68. The maximum Gasteiger partial charge on any atom is 0.417 e. The van der Waals surface area contributed by atoms with Gasteiger partial charge in [-0.3, -0.25) is 14.4 Å². The van der Waals surface area contributed by atoms with Crippen LogP contribution in [-0.2, 0) is 21.0 Å². The van der Waals surface area contributed by atoms with Crippen molar-refractivity contribution in [3.05, 3.63) is 77.4 Å². The first-order valence-corrected chi connectivity index (χ1v) is 13.2. The summed E-state index contributed by atoms with van der Waals surface area (Å²) in [5, 5.41) is 2.93.